The molecule has 0 unspecified atom stereocenters. The van der Waals surface area contributed by atoms with Crippen molar-refractivity contribution in [3.05, 3.63) is 360 Å². The molecule has 653 valence electrons. The number of hydrogen-bond donors (Lipinski definition) is 12. The number of pyridine rings is 11. The van der Waals surface area contributed by atoms with E-state index < -0.39 is 34.5 Å². The Morgan fingerprint density at radius 3 is 1.35 bits per heavy atom. The van der Waals surface area contributed by atoms with Crippen molar-refractivity contribution in [1.29, 1.82) is 0 Å². The number of anilines is 1. The summed E-state index contributed by atoms with van der Waals surface area (Å²) in [7, 11) is 3.51. The van der Waals surface area contributed by atoms with Gasteiger partial charge in [0.05, 0.1) is 45.1 Å². The van der Waals surface area contributed by atoms with E-state index in [1.807, 2.05) is 24.3 Å². The summed E-state index contributed by atoms with van der Waals surface area (Å²) in [6, 6.07) is 39.0. The molecular weight excluding hydrogens is 1920 g/mol. The molecule has 0 saturated carbocycles. The zero-order chi connectivity index (χ0) is 89.6. The molecule has 4 amide bonds. The van der Waals surface area contributed by atoms with E-state index in [0.717, 1.165) is 31.7 Å². The van der Waals surface area contributed by atoms with Crippen LogP contribution in [-0.4, -0.2) is 96.7 Å². The topological polar surface area (TPSA) is 435 Å². The van der Waals surface area contributed by atoms with E-state index in [1.165, 1.54) is 80.0 Å². The van der Waals surface area contributed by atoms with Gasteiger partial charge in [-0.25, -0.2) is 4.98 Å². The van der Waals surface area contributed by atoms with Crippen molar-refractivity contribution in [2.45, 2.75) is 60.8 Å². The molecule has 0 aliphatic heterocycles. The van der Waals surface area contributed by atoms with Gasteiger partial charge in [-0.15, -0.1) is 5.52 Å². The number of aryl methyl sites for hydroxylation is 4. The largest absolute Gasteiger partial charge is 0.662 e. The van der Waals surface area contributed by atoms with E-state index in [-0.39, 0.29) is 133 Å². The van der Waals surface area contributed by atoms with E-state index in [9.17, 15) is 53.6 Å². The van der Waals surface area contributed by atoms with E-state index >= 15 is 0 Å². The summed E-state index contributed by atoms with van der Waals surface area (Å²) in [5.41, 5.74) is 12.0. The minimum Gasteiger partial charge on any atom is -0.662 e. The molecule has 0 fully saturated rings. The maximum Gasteiger partial charge on any atom is 0.325 e. The summed E-state index contributed by atoms with van der Waals surface area (Å²) in [5.74, 6) is 3.28. The summed E-state index contributed by atoms with van der Waals surface area (Å²) < 4.78 is 6.11. The molecule has 30 nitrogen and oxygen atoms in total. The zero-order valence-corrected chi connectivity index (χ0v) is 75.6. The third-order valence-electron chi connectivity index (χ3n) is 18.1. The van der Waals surface area contributed by atoms with Gasteiger partial charge in [0.25, 0.3) is 23.6 Å². The van der Waals surface area contributed by atoms with Crippen molar-refractivity contribution in [1.82, 2.24) is 60.3 Å². The van der Waals surface area contributed by atoms with Crippen LogP contribution in [0.1, 0.15) is 102 Å². The van der Waals surface area contributed by atoms with E-state index in [2.05, 4.69) is 78.9 Å². The number of rotatable bonds is 15. The molecule has 0 saturated heterocycles. The number of nitrogens with one attached hydrogen (secondary N) is 6. The number of amides is 4. The van der Waals surface area contributed by atoms with Gasteiger partial charge in [0.1, 0.15) is 50.3 Å². The van der Waals surface area contributed by atoms with Gasteiger partial charge in [-0.2, -0.15) is 6.20 Å². The zero-order valence-electron chi connectivity index (χ0n) is 65.9. The van der Waals surface area contributed by atoms with Crippen LogP contribution in [0.15, 0.2) is 236 Å². The minimum absolute atomic E-state index is 0. The molecule has 1 radical (unpaired) electrons. The Morgan fingerprint density at radius 2 is 0.906 bits per heavy atom. The summed E-state index contributed by atoms with van der Waals surface area (Å²) in [6.07, 6.45) is 16.9. The van der Waals surface area contributed by atoms with Crippen molar-refractivity contribution < 1.29 is 91.9 Å². The molecule has 127 heavy (non-hydrogen) atoms. The number of nitrogens with two attached hydrogens (primary N) is 1. The summed E-state index contributed by atoms with van der Waals surface area (Å²) >= 11 is 43.4. The van der Waals surface area contributed by atoms with Crippen LogP contribution in [0, 0.1) is 18.8 Å². The monoisotopic (exact) mass is 2000 g/mol. The number of nitrogens with zero attached hydrogens (tertiary/aromatic N) is 9. The third-order valence-corrected chi connectivity index (χ3v) is 20.4. The number of hydrogen-bond acceptors (Lipinski definition) is 18. The van der Waals surface area contributed by atoms with Gasteiger partial charge < -0.3 is 61.3 Å². The number of aliphatic hydroxyl groups is 2. The van der Waals surface area contributed by atoms with E-state index in [4.69, 9.17) is 102 Å². The predicted molar refractivity (Wildman–Crippen MR) is 488 cm³/mol. The minimum atomic E-state index is -0.509. The maximum absolute atomic E-state index is 12.8. The number of aliphatic hydroxyl groups excluding tert-OH is 2. The average molecular weight is 2000 g/mol. The van der Waals surface area contributed by atoms with E-state index in [0.29, 0.717) is 127 Å². The molecule has 13 N–H and O–H groups in total. The van der Waals surface area contributed by atoms with Crippen molar-refractivity contribution in [3.8, 4) is 11.8 Å². The van der Waals surface area contributed by atoms with Gasteiger partial charge in [-0.3, -0.25) is 68.7 Å². The number of fused-ring (bicyclic) bond motifs is 5. The fourth-order valence-corrected chi connectivity index (χ4v) is 12.8. The second-order valence-electron chi connectivity index (χ2n) is 26.8. The quantitative estimate of drug-likeness (QED) is 0.0196. The third kappa shape index (κ3) is 27.8. The molecule has 0 atom stereocenters. The number of H-pyrrole nitrogens is 2. The fraction of sp³-hybridized carbons (Fsp3) is 0.148. The van der Waals surface area contributed by atoms with Gasteiger partial charge in [0.2, 0.25) is 34.9 Å². The van der Waals surface area contributed by atoms with Gasteiger partial charge in [0.15, 0.2) is 10.9 Å². The molecular formula is C88H80BrCl7N16O14Y+2. The first-order valence-electron chi connectivity index (χ1n) is 36.7. The van der Waals surface area contributed by atoms with Gasteiger partial charge in [0, 0.05) is 185 Å². The van der Waals surface area contributed by atoms with Crippen LogP contribution in [0.25, 0.3) is 54.5 Å². The molecule has 15 aromatic rings. The molecule has 39 heteroatoms. The van der Waals surface area contributed by atoms with Crippen molar-refractivity contribution in [2.75, 3.05) is 18.9 Å². The first kappa shape index (κ1) is 102. The Labute approximate surface area is 792 Å². The average Bonchev–Trinajstić information content (AvgIpc) is 0.797. The molecule has 0 spiro atoms. The number of aromatic nitrogens is 11. The second kappa shape index (κ2) is 48.1. The predicted octanol–water partition coefficient (Wildman–Crippen LogP) is 12.2. The van der Waals surface area contributed by atoms with Gasteiger partial charge in [-0.05, 0) is 171 Å². The summed E-state index contributed by atoms with van der Waals surface area (Å²) in [5, 5.41) is 60.8. The normalized spacial score (nSPS) is 10.3. The Hall–Kier alpha value is -12.0. The smallest absolute Gasteiger partial charge is 0.325 e. The molecule has 4 aromatic carbocycles. The number of carbonyl (C=O) groups is 4. The molecule has 0 aliphatic carbocycles. The van der Waals surface area contributed by atoms with Gasteiger partial charge in [-0.1, -0.05) is 116 Å². The van der Waals surface area contributed by atoms with Crippen LogP contribution in [0.3, 0.4) is 0 Å². The SMILES string of the molecule is C.C.Cc1c[nH]c2c[n+](O)c(Cl)cc2c1=O.Cn1cc(C(=O)NCc2ccc(Cl)cc2)c(=O)c2cc(C#CCO)ncc21.Cn1cc(C(=O)NCc2ccc(Cl)cc2)c(=O)c2cc(CCCO)ncc21.Nc1ccc(Cl)[n+](O)c1.O=C(NCc1ccc(Cl)cc1)c1c[n-]c2cnc(Br)cc2c1=O.O=C(NCc1ccc(Cl)cc1)c1c[nH]c2c[n+](O)c(Cl)cc2c1=O.[Y]. The number of carbonyl (C=O) groups excluding carboxylic acids is 4. The molecule has 0 aliphatic rings. The number of nitrogen functional groups attached to an aromatic ring is 1. The number of aromatic amines is 2. The van der Waals surface area contributed by atoms with Crippen molar-refractivity contribution in [3.63, 3.8) is 0 Å². The standard InChI is InChI=1S/C20H20ClN3O3.C20H16ClN3O3.C16H11BrClN3O2.C16H11Cl2N3O3.C9H7ClN2O2.C5H6ClN2O.2CH4.Y/c2*1-24-12-17(20(27)23-10-13-4-6-14(21)7-5-13)19(26)16-9-15(3-2-8-25)22-11-18(16)24;17-14-5-11-13(8-20-14)19-7-12(15(11)22)16(23)21-6-9-1-3-10(18)4-2-9;17-10-3-1-9(2-4-10)6-20-16(23)12-7-19-13-8-21(24)14(18)5-11(13)15(12)22;1-5-3-11-7-4-12(14)8(10)2-6(7)9(5)13;6-5-2-1-4(7)3-8(5)9;;;/h4-7,9,11-12,25H,2-3,8,10H2,1H3,(H,23,27);4-7,9,11-12,25H,8,10H2,1H3,(H,23,27);1-5,7-8H,6H2,(H2,19,21,22,23);1-5,7-8H,6H2,(H2-,19,20,22,23,24);2-4H,1H3,(H-,11,13,14);1-3,9H,7H2;2*1H4;/q;;;;;+1;;;/p+1. The summed E-state index contributed by atoms with van der Waals surface area (Å²) in [4.78, 5) is 134. The first-order chi connectivity index (χ1) is 59.3. The van der Waals surface area contributed by atoms with Crippen LogP contribution in [0.2, 0.25) is 35.5 Å². The van der Waals surface area contributed by atoms with Crippen LogP contribution in [0.4, 0.5) is 5.69 Å². The van der Waals surface area contributed by atoms with Crippen molar-refractivity contribution in [2.24, 2.45) is 14.1 Å². The van der Waals surface area contributed by atoms with Crippen LogP contribution in [-0.2, 0) is 79.4 Å². The summed E-state index contributed by atoms with van der Waals surface area (Å²) in [6.45, 7) is 2.62. The number of halogens is 8. The fourth-order valence-electron chi connectivity index (χ4n) is 11.6. The Bertz CT molecular complexity index is 6930. The Balaban J connectivity index is 0.000000213. The van der Waals surface area contributed by atoms with Crippen LogP contribution < -0.4 is 73.3 Å². The van der Waals surface area contributed by atoms with Crippen molar-refractivity contribution >= 4 is 181 Å². The van der Waals surface area contributed by atoms with Gasteiger partial charge >= 0.3 is 15.5 Å². The molecule has 11 aromatic heterocycles. The molecule has 0 bridgehead atoms. The maximum atomic E-state index is 12.8. The Morgan fingerprint density at radius 1 is 0.496 bits per heavy atom. The second-order valence-corrected chi connectivity index (χ2v) is 30.5. The van der Waals surface area contributed by atoms with E-state index in [1.54, 1.807) is 134 Å². The van der Waals surface area contributed by atoms with Crippen LogP contribution in [0.5, 0.6) is 0 Å². The molecule has 15 rings (SSSR count). The molecule has 11 heterocycles. The van der Waals surface area contributed by atoms with Crippen LogP contribution >= 0.6 is 97.1 Å². The number of benzene rings is 4. The first-order valence-corrected chi connectivity index (χ1v) is 40.2. The Kier molecular flexibility index (Phi) is 38.6.